The van der Waals surface area contributed by atoms with Crippen molar-refractivity contribution in [2.45, 2.75) is 11.5 Å². The minimum Gasteiger partial charge on any atom is -0.486 e. The number of sulfone groups is 1. The number of pyridine rings is 1. The molecule has 2 aromatic carbocycles. The summed E-state index contributed by atoms with van der Waals surface area (Å²) in [7, 11) is -3.31. The van der Waals surface area contributed by atoms with Crippen LogP contribution in [0.15, 0.2) is 71.8 Å². The Morgan fingerprint density at radius 1 is 1.04 bits per heavy atom. The summed E-state index contributed by atoms with van der Waals surface area (Å²) in [5.74, 6) is -0.345. The van der Waals surface area contributed by atoms with Gasteiger partial charge in [0.15, 0.2) is 21.4 Å². The van der Waals surface area contributed by atoms with E-state index in [0.29, 0.717) is 11.3 Å². The number of hydrogen-bond donors (Lipinski definition) is 0. The average molecular weight is 357 g/mol. The molecule has 4 nitrogen and oxygen atoms in total. The number of aromatic nitrogens is 1. The molecule has 6 heteroatoms. The zero-order chi connectivity index (χ0) is 17.9. The molecule has 0 atom stereocenters. The van der Waals surface area contributed by atoms with E-state index in [9.17, 15) is 12.8 Å². The third-order valence-corrected chi connectivity index (χ3v) is 4.73. The Balaban J connectivity index is 1.77. The first kappa shape index (κ1) is 17.1. The molecule has 0 aliphatic heterocycles. The van der Waals surface area contributed by atoms with Crippen molar-refractivity contribution in [3.63, 3.8) is 0 Å². The fourth-order valence-electron chi connectivity index (χ4n) is 2.28. The molecule has 0 aliphatic rings. The zero-order valence-electron chi connectivity index (χ0n) is 13.5. The van der Waals surface area contributed by atoms with E-state index in [2.05, 4.69) is 4.98 Å². The van der Waals surface area contributed by atoms with Gasteiger partial charge in [0.25, 0.3) is 0 Å². The van der Waals surface area contributed by atoms with E-state index < -0.39 is 15.7 Å². The maximum atomic E-state index is 14.3. The Labute approximate surface area is 145 Å². The van der Waals surface area contributed by atoms with Gasteiger partial charge in [-0.25, -0.2) is 12.8 Å². The molecule has 1 heterocycles. The second kappa shape index (κ2) is 7.03. The van der Waals surface area contributed by atoms with Gasteiger partial charge in [-0.3, -0.25) is 4.98 Å². The van der Waals surface area contributed by atoms with Gasteiger partial charge < -0.3 is 4.74 Å². The highest BCUT2D eigenvalue weighted by atomic mass is 32.2. The summed E-state index contributed by atoms with van der Waals surface area (Å²) in [6.45, 7) is 0.276. The summed E-state index contributed by atoms with van der Waals surface area (Å²) in [6, 6.07) is 17.0. The third-order valence-electron chi connectivity index (χ3n) is 3.63. The largest absolute Gasteiger partial charge is 0.486 e. The molecule has 3 rings (SSSR count). The van der Waals surface area contributed by atoms with Crippen LogP contribution in [0, 0.1) is 5.82 Å². The van der Waals surface area contributed by atoms with Crippen LogP contribution in [0.25, 0.3) is 11.3 Å². The molecule has 0 unspecified atom stereocenters. The molecule has 0 saturated heterocycles. The van der Waals surface area contributed by atoms with Crippen LogP contribution >= 0.6 is 0 Å². The molecule has 25 heavy (non-hydrogen) atoms. The lowest BCUT2D eigenvalue weighted by atomic mass is 10.1. The Hall–Kier alpha value is -2.73. The van der Waals surface area contributed by atoms with Crippen molar-refractivity contribution < 1.29 is 17.5 Å². The van der Waals surface area contributed by atoms with Gasteiger partial charge in [-0.2, -0.15) is 0 Å². The summed E-state index contributed by atoms with van der Waals surface area (Å²) in [4.78, 5) is 4.22. The van der Waals surface area contributed by atoms with E-state index in [4.69, 9.17) is 4.74 Å². The van der Waals surface area contributed by atoms with Gasteiger partial charge in [-0.15, -0.1) is 0 Å². The third kappa shape index (κ3) is 4.22. The van der Waals surface area contributed by atoms with Crippen LogP contribution in [0.5, 0.6) is 5.75 Å². The SMILES string of the molecule is CS(=O)(=O)c1ccc(-c2ccc(OCc3ccccc3)c(F)c2)nc1. The first-order valence-corrected chi connectivity index (χ1v) is 9.45. The zero-order valence-corrected chi connectivity index (χ0v) is 14.3. The summed E-state index contributed by atoms with van der Waals surface area (Å²) in [5, 5.41) is 0. The maximum Gasteiger partial charge on any atom is 0.177 e. The van der Waals surface area contributed by atoms with Crippen LogP contribution in [0.3, 0.4) is 0 Å². The monoisotopic (exact) mass is 357 g/mol. The van der Waals surface area contributed by atoms with Crippen molar-refractivity contribution >= 4 is 9.84 Å². The van der Waals surface area contributed by atoms with E-state index >= 15 is 0 Å². The molecule has 3 aromatic rings. The first-order valence-electron chi connectivity index (χ1n) is 7.56. The van der Waals surface area contributed by atoms with Crippen LogP contribution < -0.4 is 4.74 Å². The molecule has 128 valence electrons. The molecule has 0 fully saturated rings. The van der Waals surface area contributed by atoms with Crippen molar-refractivity contribution in [2.75, 3.05) is 6.26 Å². The molecular weight excluding hydrogens is 341 g/mol. The molecule has 0 bridgehead atoms. The molecule has 1 aromatic heterocycles. The van der Waals surface area contributed by atoms with Crippen LogP contribution in [0.1, 0.15) is 5.56 Å². The first-order chi connectivity index (χ1) is 11.9. The van der Waals surface area contributed by atoms with Gasteiger partial charge >= 0.3 is 0 Å². The summed E-state index contributed by atoms with van der Waals surface area (Å²) in [6.07, 6.45) is 2.38. The number of ether oxygens (including phenoxy) is 1. The van der Waals surface area contributed by atoms with E-state index in [1.807, 2.05) is 30.3 Å². The number of hydrogen-bond acceptors (Lipinski definition) is 4. The Kier molecular flexibility index (Phi) is 4.81. The minimum absolute atomic E-state index is 0.125. The Bertz CT molecular complexity index is 971. The van der Waals surface area contributed by atoms with Crippen LogP contribution in [-0.2, 0) is 16.4 Å². The predicted octanol–water partition coefficient (Wildman–Crippen LogP) is 3.87. The van der Waals surface area contributed by atoms with Gasteiger partial charge in [0.1, 0.15) is 6.61 Å². The normalized spacial score (nSPS) is 11.3. The van der Waals surface area contributed by atoms with E-state index in [1.165, 1.54) is 18.3 Å². The lowest BCUT2D eigenvalue weighted by molar-refractivity contribution is 0.290. The molecule has 0 spiro atoms. The maximum absolute atomic E-state index is 14.3. The van der Waals surface area contributed by atoms with Gasteiger partial charge in [0, 0.05) is 18.0 Å². The van der Waals surface area contributed by atoms with Gasteiger partial charge in [-0.05, 0) is 35.9 Å². The van der Waals surface area contributed by atoms with E-state index in [1.54, 1.807) is 18.2 Å². The van der Waals surface area contributed by atoms with Gasteiger partial charge in [0.2, 0.25) is 0 Å². The second-order valence-electron chi connectivity index (χ2n) is 5.57. The van der Waals surface area contributed by atoms with E-state index in [0.717, 1.165) is 11.8 Å². The smallest absolute Gasteiger partial charge is 0.177 e. The molecular formula is C19H16FNO3S. The molecule has 0 aliphatic carbocycles. The highest BCUT2D eigenvalue weighted by Gasteiger charge is 2.10. The number of benzene rings is 2. The van der Waals surface area contributed by atoms with Crippen molar-refractivity contribution in [1.29, 1.82) is 0 Å². The quantitative estimate of drug-likeness (QED) is 0.696. The fraction of sp³-hybridized carbons (Fsp3) is 0.105. The fourth-order valence-corrected chi connectivity index (χ4v) is 2.84. The van der Waals surface area contributed by atoms with Gasteiger partial charge in [-0.1, -0.05) is 30.3 Å². The summed E-state index contributed by atoms with van der Waals surface area (Å²) in [5.41, 5.74) is 1.98. The topological polar surface area (TPSA) is 56.3 Å². The molecule has 0 radical (unpaired) electrons. The summed E-state index contributed by atoms with van der Waals surface area (Å²) >= 11 is 0. The second-order valence-corrected chi connectivity index (χ2v) is 7.59. The molecule has 0 N–H and O–H groups in total. The standard InChI is InChI=1S/C19H16FNO3S/c1-25(22,23)16-8-9-18(21-12-16)15-7-10-19(17(20)11-15)24-13-14-5-3-2-4-6-14/h2-12H,13H2,1H3. The van der Waals surface area contributed by atoms with Crippen molar-refractivity contribution in [3.8, 4) is 17.0 Å². The average Bonchev–Trinajstić information content (AvgIpc) is 2.61. The Morgan fingerprint density at radius 3 is 2.40 bits per heavy atom. The minimum atomic E-state index is -3.31. The summed E-state index contributed by atoms with van der Waals surface area (Å²) < 4.78 is 42.7. The van der Waals surface area contributed by atoms with E-state index in [-0.39, 0.29) is 17.3 Å². The van der Waals surface area contributed by atoms with Crippen LogP contribution in [-0.4, -0.2) is 19.7 Å². The highest BCUT2D eigenvalue weighted by Crippen LogP contribution is 2.25. The number of nitrogens with zero attached hydrogens (tertiary/aromatic N) is 1. The highest BCUT2D eigenvalue weighted by molar-refractivity contribution is 7.90. The predicted molar refractivity (Wildman–Crippen MR) is 93.5 cm³/mol. The van der Waals surface area contributed by atoms with Crippen LogP contribution in [0.4, 0.5) is 4.39 Å². The van der Waals surface area contributed by atoms with Crippen molar-refractivity contribution in [2.24, 2.45) is 0 Å². The van der Waals surface area contributed by atoms with Crippen LogP contribution in [0.2, 0.25) is 0 Å². The Morgan fingerprint density at radius 2 is 1.80 bits per heavy atom. The molecule has 0 saturated carbocycles. The van der Waals surface area contributed by atoms with Gasteiger partial charge in [0.05, 0.1) is 10.6 Å². The lowest BCUT2D eigenvalue weighted by Crippen LogP contribution is -1.99. The van der Waals surface area contributed by atoms with Crippen molar-refractivity contribution in [1.82, 2.24) is 4.98 Å². The number of rotatable bonds is 5. The lowest BCUT2D eigenvalue weighted by Gasteiger charge is -2.09. The molecule has 0 amide bonds. The van der Waals surface area contributed by atoms with Crippen molar-refractivity contribution in [3.05, 3.63) is 78.2 Å². The number of halogens is 1.